The SMILES string of the molecule is CCN1c2ccccc2C(C=Nc2ccccc2)N1c1ccc(OC)cc1. The molecule has 4 nitrogen and oxygen atoms in total. The summed E-state index contributed by atoms with van der Waals surface area (Å²) < 4.78 is 5.32. The normalized spacial score (nSPS) is 16.0. The van der Waals surface area contributed by atoms with Crippen LogP contribution in [0.4, 0.5) is 17.1 Å². The van der Waals surface area contributed by atoms with Gasteiger partial charge in [-0.05, 0) is 49.4 Å². The van der Waals surface area contributed by atoms with Crippen LogP contribution in [0.15, 0.2) is 83.9 Å². The Labute approximate surface area is 160 Å². The maximum atomic E-state index is 5.32. The van der Waals surface area contributed by atoms with E-state index in [1.54, 1.807) is 7.11 Å². The first kappa shape index (κ1) is 17.2. The largest absolute Gasteiger partial charge is 0.497 e. The monoisotopic (exact) mass is 357 g/mol. The average molecular weight is 357 g/mol. The number of para-hydroxylation sites is 2. The Balaban J connectivity index is 1.76. The Morgan fingerprint density at radius 2 is 1.63 bits per heavy atom. The van der Waals surface area contributed by atoms with Crippen molar-refractivity contribution in [2.24, 2.45) is 4.99 Å². The number of methoxy groups -OCH3 is 1. The number of ether oxygens (including phenoxy) is 1. The van der Waals surface area contributed by atoms with Gasteiger partial charge in [0.25, 0.3) is 0 Å². The van der Waals surface area contributed by atoms with Crippen LogP contribution in [-0.4, -0.2) is 19.9 Å². The molecule has 3 aromatic carbocycles. The molecule has 4 rings (SSSR count). The second-order valence-electron chi connectivity index (χ2n) is 6.38. The zero-order valence-electron chi connectivity index (χ0n) is 15.6. The van der Waals surface area contributed by atoms with E-state index in [0.29, 0.717) is 0 Å². The molecular weight excluding hydrogens is 334 g/mol. The molecule has 0 saturated heterocycles. The molecule has 0 saturated carbocycles. The standard InChI is InChI=1S/C23H23N3O/c1-3-25-22-12-8-7-11-21(22)23(17-24-18-9-5-4-6-10-18)26(25)19-13-15-20(27-2)16-14-19/h4-17,23H,3H2,1-2H3. The first-order chi connectivity index (χ1) is 13.3. The van der Waals surface area contributed by atoms with Crippen molar-refractivity contribution < 1.29 is 4.74 Å². The first-order valence-electron chi connectivity index (χ1n) is 9.20. The fourth-order valence-electron chi connectivity index (χ4n) is 3.54. The highest BCUT2D eigenvalue weighted by atomic mass is 16.5. The summed E-state index contributed by atoms with van der Waals surface area (Å²) in [6.45, 7) is 3.04. The van der Waals surface area contributed by atoms with Crippen LogP contribution >= 0.6 is 0 Å². The van der Waals surface area contributed by atoms with E-state index in [1.165, 1.54) is 11.3 Å². The lowest BCUT2D eigenvalue weighted by molar-refractivity contribution is 0.415. The van der Waals surface area contributed by atoms with Crippen LogP contribution in [0.2, 0.25) is 0 Å². The molecule has 136 valence electrons. The van der Waals surface area contributed by atoms with Crippen LogP contribution in [0, 0.1) is 0 Å². The van der Waals surface area contributed by atoms with Crippen LogP contribution in [0.25, 0.3) is 0 Å². The molecule has 1 heterocycles. The number of benzene rings is 3. The number of rotatable bonds is 5. The van der Waals surface area contributed by atoms with Crippen molar-refractivity contribution in [1.29, 1.82) is 0 Å². The molecule has 0 N–H and O–H groups in total. The van der Waals surface area contributed by atoms with Gasteiger partial charge in [0.05, 0.1) is 24.2 Å². The molecule has 1 aliphatic heterocycles. The van der Waals surface area contributed by atoms with Crippen molar-refractivity contribution in [3.8, 4) is 5.75 Å². The lowest BCUT2D eigenvalue weighted by Crippen LogP contribution is -2.40. The third-order valence-electron chi connectivity index (χ3n) is 4.81. The predicted octanol–water partition coefficient (Wildman–Crippen LogP) is 5.40. The number of hydrazine groups is 1. The van der Waals surface area contributed by atoms with Gasteiger partial charge >= 0.3 is 0 Å². The minimum Gasteiger partial charge on any atom is -0.497 e. The van der Waals surface area contributed by atoms with Crippen LogP contribution in [0.5, 0.6) is 5.75 Å². The fraction of sp³-hybridized carbons (Fsp3) is 0.174. The smallest absolute Gasteiger partial charge is 0.119 e. The second kappa shape index (κ2) is 7.54. The number of hydrogen-bond donors (Lipinski definition) is 0. The zero-order chi connectivity index (χ0) is 18.6. The molecule has 1 atom stereocenters. The highest BCUT2D eigenvalue weighted by Gasteiger charge is 2.34. The van der Waals surface area contributed by atoms with E-state index in [-0.39, 0.29) is 6.04 Å². The zero-order valence-corrected chi connectivity index (χ0v) is 15.6. The van der Waals surface area contributed by atoms with Gasteiger partial charge in [0.2, 0.25) is 0 Å². The summed E-state index contributed by atoms with van der Waals surface area (Å²) in [5, 5.41) is 4.61. The van der Waals surface area contributed by atoms with Gasteiger partial charge in [-0.15, -0.1) is 0 Å². The Morgan fingerprint density at radius 3 is 2.33 bits per heavy atom. The van der Waals surface area contributed by atoms with Crippen LogP contribution in [0.3, 0.4) is 0 Å². The van der Waals surface area contributed by atoms with E-state index in [4.69, 9.17) is 9.73 Å². The summed E-state index contributed by atoms with van der Waals surface area (Å²) in [6, 6.07) is 26.8. The van der Waals surface area contributed by atoms with E-state index in [2.05, 4.69) is 53.3 Å². The minimum atomic E-state index is 0.0368. The Bertz CT molecular complexity index is 922. The van der Waals surface area contributed by atoms with Gasteiger partial charge in [0.15, 0.2) is 0 Å². The summed E-state index contributed by atoms with van der Waals surface area (Å²) in [7, 11) is 1.69. The van der Waals surface area contributed by atoms with E-state index < -0.39 is 0 Å². The van der Waals surface area contributed by atoms with Gasteiger partial charge in [-0.25, -0.2) is 0 Å². The van der Waals surface area contributed by atoms with E-state index >= 15 is 0 Å². The number of nitrogens with zero attached hydrogens (tertiary/aromatic N) is 3. The number of aliphatic imine (C=N–C) groups is 1. The third-order valence-corrected chi connectivity index (χ3v) is 4.81. The Kier molecular flexibility index (Phi) is 4.79. The minimum absolute atomic E-state index is 0.0368. The fourth-order valence-corrected chi connectivity index (χ4v) is 3.54. The highest BCUT2D eigenvalue weighted by molar-refractivity contribution is 5.84. The van der Waals surface area contributed by atoms with Crippen LogP contribution < -0.4 is 14.8 Å². The van der Waals surface area contributed by atoms with Crippen molar-refractivity contribution in [1.82, 2.24) is 0 Å². The van der Waals surface area contributed by atoms with E-state index in [9.17, 15) is 0 Å². The number of fused-ring (bicyclic) bond motifs is 1. The molecule has 0 aliphatic carbocycles. The molecule has 4 heteroatoms. The molecule has 0 radical (unpaired) electrons. The quantitative estimate of drug-likeness (QED) is 0.572. The van der Waals surface area contributed by atoms with Crippen molar-refractivity contribution in [3.05, 3.63) is 84.4 Å². The summed E-state index contributed by atoms with van der Waals surface area (Å²) in [5.41, 5.74) is 4.55. The van der Waals surface area contributed by atoms with Crippen molar-refractivity contribution in [2.75, 3.05) is 23.7 Å². The summed E-state index contributed by atoms with van der Waals surface area (Å²) in [4.78, 5) is 4.75. The van der Waals surface area contributed by atoms with Crippen molar-refractivity contribution >= 4 is 23.3 Å². The van der Waals surface area contributed by atoms with E-state index in [1.807, 2.05) is 48.7 Å². The molecule has 0 amide bonds. The van der Waals surface area contributed by atoms with Gasteiger partial charge in [-0.1, -0.05) is 36.4 Å². The molecule has 3 aromatic rings. The number of hydrogen-bond acceptors (Lipinski definition) is 4. The molecule has 1 unspecified atom stereocenters. The molecule has 0 bridgehead atoms. The van der Waals surface area contributed by atoms with Gasteiger partial charge < -0.3 is 4.74 Å². The lowest BCUT2D eigenvalue weighted by Gasteiger charge is -2.34. The topological polar surface area (TPSA) is 28.1 Å². The second-order valence-corrected chi connectivity index (χ2v) is 6.38. The predicted molar refractivity (Wildman–Crippen MR) is 112 cm³/mol. The summed E-state index contributed by atoms with van der Waals surface area (Å²) in [6.07, 6.45) is 2.04. The lowest BCUT2D eigenvalue weighted by atomic mass is 10.1. The molecule has 0 spiro atoms. The average Bonchev–Trinajstić information content (AvgIpc) is 3.06. The highest BCUT2D eigenvalue weighted by Crippen LogP contribution is 2.42. The van der Waals surface area contributed by atoms with E-state index in [0.717, 1.165) is 23.7 Å². The molecule has 0 aromatic heterocycles. The molecule has 27 heavy (non-hydrogen) atoms. The first-order valence-corrected chi connectivity index (χ1v) is 9.20. The number of anilines is 2. The van der Waals surface area contributed by atoms with Gasteiger partial charge in [0.1, 0.15) is 11.8 Å². The molecular formula is C23H23N3O. The summed E-state index contributed by atoms with van der Waals surface area (Å²) >= 11 is 0. The Morgan fingerprint density at radius 1 is 0.926 bits per heavy atom. The van der Waals surface area contributed by atoms with Crippen LogP contribution in [0.1, 0.15) is 18.5 Å². The van der Waals surface area contributed by atoms with Crippen molar-refractivity contribution in [3.63, 3.8) is 0 Å². The van der Waals surface area contributed by atoms with Crippen LogP contribution in [-0.2, 0) is 0 Å². The van der Waals surface area contributed by atoms with Gasteiger partial charge in [-0.3, -0.25) is 15.0 Å². The Hall–Kier alpha value is -3.27. The maximum absolute atomic E-state index is 5.32. The molecule has 0 fully saturated rings. The molecule has 1 aliphatic rings. The summed E-state index contributed by atoms with van der Waals surface area (Å²) in [5.74, 6) is 0.855. The maximum Gasteiger partial charge on any atom is 0.119 e. The third kappa shape index (κ3) is 3.26. The van der Waals surface area contributed by atoms with Gasteiger partial charge in [-0.2, -0.15) is 0 Å². The van der Waals surface area contributed by atoms with Crippen molar-refractivity contribution in [2.45, 2.75) is 13.0 Å². The van der Waals surface area contributed by atoms with Gasteiger partial charge in [0, 0.05) is 18.3 Å².